The van der Waals surface area contributed by atoms with E-state index >= 15 is 0 Å². The maximum Gasteiger partial charge on any atom is 0.417 e. The SMILES string of the molecule is O=c1c2cc(Br)ccc2nc(-c2cccnc2)n1N=Cc1ccc(Cl)c(C(F)(F)F)c1. The topological polar surface area (TPSA) is 60.1 Å². The Morgan fingerprint density at radius 1 is 1.13 bits per heavy atom. The predicted molar refractivity (Wildman–Crippen MR) is 116 cm³/mol. The minimum atomic E-state index is -4.62. The van der Waals surface area contributed by atoms with Crippen molar-refractivity contribution in [1.29, 1.82) is 0 Å². The minimum Gasteiger partial charge on any atom is -0.267 e. The van der Waals surface area contributed by atoms with Gasteiger partial charge >= 0.3 is 6.18 Å². The van der Waals surface area contributed by atoms with Crippen LogP contribution >= 0.6 is 27.5 Å². The maximum absolute atomic E-state index is 13.1. The summed E-state index contributed by atoms with van der Waals surface area (Å²) in [5.74, 6) is 0.203. The Morgan fingerprint density at radius 3 is 2.65 bits per heavy atom. The molecule has 0 atom stereocenters. The summed E-state index contributed by atoms with van der Waals surface area (Å²) in [6.45, 7) is 0. The van der Waals surface area contributed by atoms with Crippen molar-refractivity contribution in [2.45, 2.75) is 6.18 Å². The lowest BCUT2D eigenvalue weighted by molar-refractivity contribution is -0.137. The van der Waals surface area contributed by atoms with Gasteiger partial charge in [0.25, 0.3) is 5.56 Å². The van der Waals surface area contributed by atoms with Crippen LogP contribution in [0.3, 0.4) is 0 Å². The number of pyridine rings is 1. The number of alkyl halides is 3. The van der Waals surface area contributed by atoms with Crippen molar-refractivity contribution in [3.63, 3.8) is 0 Å². The molecule has 0 saturated carbocycles. The van der Waals surface area contributed by atoms with Crippen LogP contribution in [0.25, 0.3) is 22.3 Å². The smallest absolute Gasteiger partial charge is 0.267 e. The molecular weight excluding hydrogens is 497 g/mol. The Balaban J connectivity index is 1.91. The van der Waals surface area contributed by atoms with Crippen LogP contribution in [-0.2, 0) is 6.18 Å². The predicted octanol–water partition coefficient (Wildman–Crippen LogP) is 5.78. The monoisotopic (exact) mass is 506 g/mol. The van der Waals surface area contributed by atoms with E-state index in [1.165, 1.54) is 12.3 Å². The molecule has 2 aromatic carbocycles. The minimum absolute atomic E-state index is 0.120. The lowest BCUT2D eigenvalue weighted by Crippen LogP contribution is -2.20. The molecule has 2 heterocycles. The van der Waals surface area contributed by atoms with Gasteiger partial charge in [-0.3, -0.25) is 9.78 Å². The van der Waals surface area contributed by atoms with Gasteiger partial charge in [0.15, 0.2) is 5.82 Å². The van der Waals surface area contributed by atoms with E-state index in [1.54, 1.807) is 36.5 Å². The first-order valence-electron chi connectivity index (χ1n) is 8.78. The van der Waals surface area contributed by atoms with E-state index in [-0.39, 0.29) is 11.4 Å². The Hall–Kier alpha value is -3.04. The van der Waals surface area contributed by atoms with Crippen molar-refractivity contribution in [3.8, 4) is 11.4 Å². The number of aromatic nitrogens is 3. The van der Waals surface area contributed by atoms with E-state index in [4.69, 9.17) is 11.6 Å². The molecule has 0 N–H and O–H groups in total. The van der Waals surface area contributed by atoms with Gasteiger partial charge in [-0.2, -0.15) is 22.9 Å². The van der Waals surface area contributed by atoms with E-state index in [2.05, 4.69) is 31.0 Å². The molecule has 0 radical (unpaired) electrons. The molecule has 0 spiro atoms. The lowest BCUT2D eigenvalue weighted by Gasteiger charge is -2.10. The van der Waals surface area contributed by atoms with Crippen LogP contribution in [0, 0.1) is 0 Å². The summed E-state index contributed by atoms with van der Waals surface area (Å²) in [5.41, 5.74) is -0.377. The van der Waals surface area contributed by atoms with Crippen LogP contribution in [0.1, 0.15) is 11.1 Å². The van der Waals surface area contributed by atoms with Crippen LogP contribution in [-0.4, -0.2) is 20.9 Å². The second-order valence-electron chi connectivity index (χ2n) is 6.44. The molecule has 5 nitrogen and oxygen atoms in total. The zero-order valence-electron chi connectivity index (χ0n) is 15.4. The number of hydrogen-bond acceptors (Lipinski definition) is 4. The van der Waals surface area contributed by atoms with Gasteiger partial charge in [-0.05, 0) is 48.0 Å². The second-order valence-corrected chi connectivity index (χ2v) is 7.76. The molecule has 31 heavy (non-hydrogen) atoms. The molecule has 0 saturated heterocycles. The average Bonchev–Trinajstić information content (AvgIpc) is 2.74. The molecule has 0 aliphatic carbocycles. The third-order valence-electron chi connectivity index (χ3n) is 4.35. The summed E-state index contributed by atoms with van der Waals surface area (Å²) in [6.07, 6.45) is -0.379. The molecule has 156 valence electrons. The fourth-order valence-corrected chi connectivity index (χ4v) is 3.49. The van der Waals surface area contributed by atoms with Gasteiger partial charge in [-0.1, -0.05) is 33.6 Å². The van der Waals surface area contributed by atoms with Crippen molar-refractivity contribution < 1.29 is 13.2 Å². The van der Waals surface area contributed by atoms with Crippen molar-refractivity contribution in [2.75, 3.05) is 0 Å². The Bertz CT molecular complexity index is 1370. The van der Waals surface area contributed by atoms with Gasteiger partial charge in [0.1, 0.15) is 0 Å². The van der Waals surface area contributed by atoms with Crippen molar-refractivity contribution in [3.05, 3.63) is 91.9 Å². The summed E-state index contributed by atoms with van der Waals surface area (Å²) >= 11 is 8.99. The summed E-state index contributed by atoms with van der Waals surface area (Å²) in [4.78, 5) is 21.7. The van der Waals surface area contributed by atoms with Crippen molar-refractivity contribution in [1.82, 2.24) is 14.6 Å². The van der Waals surface area contributed by atoms with Gasteiger partial charge in [0.05, 0.1) is 27.7 Å². The third kappa shape index (κ3) is 4.38. The molecular formula is C21H11BrClF3N4O. The highest BCUT2D eigenvalue weighted by atomic mass is 79.9. The number of hydrogen-bond donors (Lipinski definition) is 0. The van der Waals surface area contributed by atoms with Gasteiger partial charge in [0, 0.05) is 22.4 Å². The van der Waals surface area contributed by atoms with Crippen LogP contribution in [0.2, 0.25) is 5.02 Å². The summed E-state index contributed by atoms with van der Waals surface area (Å²) in [5, 5.41) is 4.02. The number of nitrogens with zero attached hydrogens (tertiary/aromatic N) is 4. The van der Waals surface area contributed by atoms with Crippen LogP contribution in [0.5, 0.6) is 0 Å². The highest BCUT2D eigenvalue weighted by molar-refractivity contribution is 9.10. The Labute approximate surface area is 187 Å². The van der Waals surface area contributed by atoms with E-state index in [0.29, 0.717) is 20.9 Å². The molecule has 2 aromatic heterocycles. The average molecular weight is 508 g/mol. The quantitative estimate of drug-likeness (QED) is 0.331. The van der Waals surface area contributed by atoms with Gasteiger partial charge in [-0.15, -0.1) is 0 Å². The van der Waals surface area contributed by atoms with Crippen molar-refractivity contribution >= 4 is 44.6 Å². The fourth-order valence-electron chi connectivity index (χ4n) is 2.90. The van der Waals surface area contributed by atoms with Crippen LogP contribution < -0.4 is 5.56 Å². The first-order valence-corrected chi connectivity index (χ1v) is 9.95. The molecule has 4 rings (SSSR count). The molecule has 0 aliphatic rings. The van der Waals surface area contributed by atoms with Gasteiger partial charge < -0.3 is 0 Å². The molecule has 0 amide bonds. The standard InChI is InChI=1S/C21H11BrClF3N4O/c22-14-4-6-18-15(9-14)20(31)30(19(29-18)13-2-1-7-27-11-13)28-10-12-3-5-17(23)16(8-12)21(24,25)26/h1-11H. The number of halogens is 5. The molecule has 0 unspecified atom stereocenters. The van der Waals surface area contributed by atoms with E-state index < -0.39 is 22.3 Å². The van der Waals surface area contributed by atoms with Crippen LogP contribution in [0.15, 0.2) is 75.3 Å². The molecule has 10 heteroatoms. The highest BCUT2D eigenvalue weighted by Gasteiger charge is 2.33. The highest BCUT2D eigenvalue weighted by Crippen LogP contribution is 2.34. The zero-order chi connectivity index (χ0) is 22.2. The van der Waals surface area contributed by atoms with Crippen molar-refractivity contribution in [2.24, 2.45) is 5.10 Å². The largest absolute Gasteiger partial charge is 0.417 e. The maximum atomic E-state index is 13.1. The zero-order valence-corrected chi connectivity index (χ0v) is 17.8. The summed E-state index contributed by atoms with van der Waals surface area (Å²) < 4.78 is 41.2. The first kappa shape index (κ1) is 21.2. The normalized spacial score (nSPS) is 12.0. The second kappa shape index (κ2) is 8.24. The third-order valence-corrected chi connectivity index (χ3v) is 5.17. The fraction of sp³-hybridized carbons (Fsp3) is 0.0476. The number of benzene rings is 2. The first-order chi connectivity index (χ1) is 14.7. The molecule has 0 bridgehead atoms. The van der Waals surface area contributed by atoms with E-state index in [9.17, 15) is 18.0 Å². The van der Waals surface area contributed by atoms with E-state index in [0.717, 1.165) is 23.0 Å². The van der Waals surface area contributed by atoms with Gasteiger partial charge in [0.2, 0.25) is 0 Å². The van der Waals surface area contributed by atoms with Crippen LogP contribution in [0.4, 0.5) is 13.2 Å². The number of fused-ring (bicyclic) bond motifs is 1. The Kier molecular flexibility index (Phi) is 5.63. The molecule has 0 aliphatic heterocycles. The Morgan fingerprint density at radius 2 is 1.94 bits per heavy atom. The number of rotatable bonds is 3. The van der Waals surface area contributed by atoms with E-state index in [1.807, 2.05) is 0 Å². The molecule has 0 fully saturated rings. The molecule has 4 aromatic rings. The summed E-state index contributed by atoms with van der Waals surface area (Å²) in [6, 6.07) is 11.8. The lowest BCUT2D eigenvalue weighted by atomic mass is 10.1. The van der Waals surface area contributed by atoms with Gasteiger partial charge in [-0.25, -0.2) is 4.98 Å². The summed E-state index contributed by atoms with van der Waals surface area (Å²) in [7, 11) is 0.